The number of rotatable bonds is 3. The van der Waals surface area contributed by atoms with Gasteiger partial charge in [-0.2, -0.15) is 0 Å². The molecule has 1 aromatic rings. The first-order chi connectivity index (χ1) is 8.09. The van der Waals surface area contributed by atoms with Gasteiger partial charge in [-0.3, -0.25) is 4.79 Å². The maximum Gasteiger partial charge on any atom is 0.227 e. The molecule has 18 heavy (non-hydrogen) atoms. The first-order valence-corrected chi connectivity index (χ1v) is 6.18. The molecule has 0 aromatic heterocycles. The van der Waals surface area contributed by atoms with E-state index >= 15 is 0 Å². The summed E-state index contributed by atoms with van der Waals surface area (Å²) >= 11 is 0. The monoisotopic (exact) mass is 268 g/mol. The van der Waals surface area contributed by atoms with Crippen LogP contribution < -0.4 is 10.2 Å². The van der Waals surface area contributed by atoms with Crippen molar-refractivity contribution < 1.29 is 4.79 Å². The highest BCUT2D eigenvalue weighted by atomic mass is 35.5. The minimum Gasteiger partial charge on any atom is -0.315 e. The Morgan fingerprint density at radius 1 is 1.39 bits per heavy atom. The van der Waals surface area contributed by atoms with E-state index in [1.165, 1.54) is 5.56 Å². The zero-order valence-corrected chi connectivity index (χ0v) is 12.0. The molecule has 0 saturated carbocycles. The highest BCUT2D eigenvalue weighted by Crippen LogP contribution is 2.34. The summed E-state index contributed by atoms with van der Waals surface area (Å²) in [6, 6.07) is 8.64. The SMILES string of the molecule is CC(C)NCC1CC(=O)N(C)c2ccccc21.Cl. The van der Waals surface area contributed by atoms with E-state index in [0.717, 1.165) is 12.2 Å². The first-order valence-electron chi connectivity index (χ1n) is 6.18. The summed E-state index contributed by atoms with van der Waals surface area (Å²) in [5.41, 5.74) is 2.34. The molecule has 100 valence electrons. The van der Waals surface area contributed by atoms with Gasteiger partial charge in [0, 0.05) is 37.7 Å². The largest absolute Gasteiger partial charge is 0.315 e. The molecular formula is C14H21ClN2O. The van der Waals surface area contributed by atoms with Gasteiger partial charge in [-0.15, -0.1) is 12.4 Å². The molecular weight excluding hydrogens is 248 g/mol. The van der Waals surface area contributed by atoms with Crippen LogP contribution in [0.1, 0.15) is 31.7 Å². The Morgan fingerprint density at radius 3 is 2.72 bits per heavy atom. The maximum absolute atomic E-state index is 11.9. The molecule has 0 saturated heterocycles. The van der Waals surface area contributed by atoms with E-state index in [0.29, 0.717) is 18.4 Å². The number of amides is 1. The third-order valence-corrected chi connectivity index (χ3v) is 3.31. The molecule has 1 amide bonds. The predicted molar refractivity (Wildman–Crippen MR) is 77.6 cm³/mol. The summed E-state index contributed by atoms with van der Waals surface area (Å²) in [4.78, 5) is 13.7. The molecule has 2 rings (SSSR count). The van der Waals surface area contributed by atoms with E-state index in [1.54, 1.807) is 4.90 Å². The fraction of sp³-hybridized carbons (Fsp3) is 0.500. The van der Waals surface area contributed by atoms with Crippen molar-refractivity contribution in [1.82, 2.24) is 5.32 Å². The van der Waals surface area contributed by atoms with Crippen molar-refractivity contribution in [3.05, 3.63) is 29.8 Å². The number of fused-ring (bicyclic) bond motifs is 1. The van der Waals surface area contributed by atoms with Crippen molar-refractivity contribution in [2.45, 2.75) is 32.2 Å². The van der Waals surface area contributed by atoms with Gasteiger partial charge < -0.3 is 10.2 Å². The van der Waals surface area contributed by atoms with Crippen molar-refractivity contribution in [1.29, 1.82) is 0 Å². The Kier molecular flexibility index (Phi) is 5.17. The van der Waals surface area contributed by atoms with Crippen LogP contribution in [0, 0.1) is 0 Å². The highest BCUT2D eigenvalue weighted by Gasteiger charge is 2.28. The molecule has 0 bridgehead atoms. The Morgan fingerprint density at radius 2 is 2.06 bits per heavy atom. The van der Waals surface area contributed by atoms with Gasteiger partial charge in [0.15, 0.2) is 0 Å². The van der Waals surface area contributed by atoms with Crippen LogP contribution in [0.25, 0.3) is 0 Å². The van der Waals surface area contributed by atoms with Crippen LogP contribution in [0.3, 0.4) is 0 Å². The molecule has 1 heterocycles. The van der Waals surface area contributed by atoms with Gasteiger partial charge in [-0.1, -0.05) is 32.0 Å². The van der Waals surface area contributed by atoms with Gasteiger partial charge in [-0.25, -0.2) is 0 Å². The number of hydrogen-bond donors (Lipinski definition) is 1. The fourth-order valence-corrected chi connectivity index (χ4v) is 2.29. The second kappa shape index (κ2) is 6.21. The van der Waals surface area contributed by atoms with Gasteiger partial charge in [0.25, 0.3) is 0 Å². The Balaban J connectivity index is 0.00000162. The molecule has 1 unspecified atom stereocenters. The summed E-state index contributed by atoms with van der Waals surface area (Å²) in [6.45, 7) is 5.12. The molecule has 0 spiro atoms. The van der Waals surface area contributed by atoms with Crippen molar-refractivity contribution in [3.63, 3.8) is 0 Å². The van der Waals surface area contributed by atoms with E-state index in [-0.39, 0.29) is 18.3 Å². The summed E-state index contributed by atoms with van der Waals surface area (Å²) in [5.74, 6) is 0.511. The number of benzene rings is 1. The number of nitrogens with one attached hydrogen (secondary N) is 1. The van der Waals surface area contributed by atoms with E-state index in [1.807, 2.05) is 25.2 Å². The normalized spacial score (nSPS) is 18.6. The van der Waals surface area contributed by atoms with Crippen LogP contribution >= 0.6 is 12.4 Å². The number of hydrogen-bond acceptors (Lipinski definition) is 2. The molecule has 1 aromatic carbocycles. The van der Waals surface area contributed by atoms with Crippen LogP contribution in [0.2, 0.25) is 0 Å². The van der Waals surface area contributed by atoms with Crippen molar-refractivity contribution in [2.75, 3.05) is 18.5 Å². The minimum absolute atomic E-state index is 0. The zero-order valence-electron chi connectivity index (χ0n) is 11.1. The molecule has 0 aliphatic carbocycles. The lowest BCUT2D eigenvalue weighted by Gasteiger charge is -2.32. The van der Waals surface area contributed by atoms with Gasteiger partial charge in [0.2, 0.25) is 5.91 Å². The molecule has 1 N–H and O–H groups in total. The van der Waals surface area contributed by atoms with E-state index in [9.17, 15) is 4.79 Å². The topological polar surface area (TPSA) is 32.3 Å². The number of anilines is 1. The van der Waals surface area contributed by atoms with Crippen LogP contribution in [0.15, 0.2) is 24.3 Å². The first kappa shape index (κ1) is 15.0. The number of para-hydroxylation sites is 1. The second-order valence-electron chi connectivity index (χ2n) is 4.98. The third kappa shape index (κ3) is 3.03. The average molecular weight is 269 g/mol. The van der Waals surface area contributed by atoms with Crippen molar-refractivity contribution in [2.24, 2.45) is 0 Å². The maximum atomic E-state index is 11.9. The van der Waals surface area contributed by atoms with E-state index < -0.39 is 0 Å². The van der Waals surface area contributed by atoms with Crippen LogP contribution in [0.5, 0.6) is 0 Å². The third-order valence-electron chi connectivity index (χ3n) is 3.31. The summed E-state index contributed by atoms with van der Waals surface area (Å²) < 4.78 is 0. The number of carbonyl (C=O) groups is 1. The Hall–Kier alpha value is -1.06. The van der Waals surface area contributed by atoms with Crippen LogP contribution in [-0.4, -0.2) is 25.5 Å². The number of halogens is 1. The molecule has 1 aliphatic heterocycles. The lowest BCUT2D eigenvalue weighted by molar-refractivity contribution is -0.119. The van der Waals surface area contributed by atoms with Gasteiger partial charge in [-0.05, 0) is 11.6 Å². The molecule has 1 atom stereocenters. The van der Waals surface area contributed by atoms with Gasteiger partial charge >= 0.3 is 0 Å². The van der Waals surface area contributed by atoms with E-state index in [4.69, 9.17) is 0 Å². The number of carbonyl (C=O) groups excluding carboxylic acids is 1. The van der Waals surface area contributed by atoms with Crippen LogP contribution in [-0.2, 0) is 4.79 Å². The molecule has 0 fully saturated rings. The lowest BCUT2D eigenvalue weighted by atomic mass is 9.89. The minimum atomic E-state index is 0. The van der Waals surface area contributed by atoms with E-state index in [2.05, 4.69) is 25.2 Å². The van der Waals surface area contributed by atoms with Crippen LogP contribution in [0.4, 0.5) is 5.69 Å². The summed E-state index contributed by atoms with van der Waals surface area (Å²) in [5, 5.41) is 3.42. The zero-order chi connectivity index (χ0) is 12.4. The average Bonchev–Trinajstić information content (AvgIpc) is 2.32. The second-order valence-corrected chi connectivity index (χ2v) is 4.98. The quantitative estimate of drug-likeness (QED) is 0.914. The number of nitrogens with zero attached hydrogens (tertiary/aromatic N) is 1. The van der Waals surface area contributed by atoms with Gasteiger partial charge in [0.1, 0.15) is 0 Å². The van der Waals surface area contributed by atoms with Crippen molar-refractivity contribution >= 4 is 24.0 Å². The van der Waals surface area contributed by atoms with Crippen molar-refractivity contribution in [3.8, 4) is 0 Å². The molecule has 4 heteroatoms. The predicted octanol–water partition coefficient (Wildman–Crippen LogP) is 2.56. The van der Waals surface area contributed by atoms with Gasteiger partial charge in [0.05, 0.1) is 0 Å². The Labute approximate surface area is 115 Å². The smallest absolute Gasteiger partial charge is 0.227 e. The lowest BCUT2D eigenvalue weighted by Crippen LogP contribution is -2.37. The summed E-state index contributed by atoms with van der Waals surface area (Å²) in [6.07, 6.45) is 0.604. The fourth-order valence-electron chi connectivity index (χ4n) is 2.29. The Bertz CT molecular complexity index is 420. The standard InChI is InChI=1S/C14H20N2O.ClH/c1-10(2)15-9-11-8-14(17)16(3)13-7-5-4-6-12(11)13;/h4-7,10-11,15H,8-9H2,1-3H3;1H. The molecule has 3 nitrogen and oxygen atoms in total. The molecule has 0 radical (unpaired) electrons. The highest BCUT2D eigenvalue weighted by molar-refractivity contribution is 5.96. The summed E-state index contributed by atoms with van der Waals surface area (Å²) in [7, 11) is 1.85. The molecule has 1 aliphatic rings.